The van der Waals surface area contributed by atoms with Crippen LogP contribution >= 0.6 is 15.9 Å². The molecule has 0 spiro atoms. The summed E-state index contributed by atoms with van der Waals surface area (Å²) in [6.07, 6.45) is 8.88. The van der Waals surface area contributed by atoms with Crippen LogP contribution in [0.5, 0.6) is 0 Å². The number of halogens is 2. The minimum absolute atomic E-state index is 0.203. The molecule has 0 N–H and O–H groups in total. The first-order valence-corrected chi connectivity index (χ1v) is 6.15. The Balaban J connectivity index is 2.46. The van der Waals surface area contributed by atoms with Gasteiger partial charge in [0.05, 0.1) is 4.47 Å². The molecule has 1 rings (SSSR count). The third-order valence-corrected chi connectivity index (χ3v) is 2.87. The van der Waals surface area contributed by atoms with E-state index in [9.17, 15) is 4.39 Å². The Morgan fingerprint density at radius 1 is 1.33 bits per heavy atom. The number of hydrogen-bond acceptors (Lipinski definition) is 0. The Bertz CT molecular complexity index is 331. The maximum Gasteiger partial charge on any atom is 0.137 e. The van der Waals surface area contributed by atoms with Crippen LogP contribution < -0.4 is 0 Å². The molecule has 82 valence electrons. The van der Waals surface area contributed by atoms with Crippen molar-refractivity contribution in [2.75, 3.05) is 0 Å². The fourth-order valence-electron chi connectivity index (χ4n) is 1.35. The van der Waals surface area contributed by atoms with E-state index in [4.69, 9.17) is 0 Å². The third-order valence-electron chi connectivity index (χ3n) is 2.23. The second kappa shape index (κ2) is 6.78. The molecule has 0 amide bonds. The molecule has 0 fully saturated rings. The number of benzene rings is 1. The second-order valence-corrected chi connectivity index (χ2v) is 4.43. The summed E-state index contributed by atoms with van der Waals surface area (Å²) in [7, 11) is 0. The standard InChI is InChI=1S/C13H16BrF/c1-2-3-4-5-6-7-11-8-9-12(14)13(15)10-11/h6-10H,2-5H2,1H3/b7-6+. The zero-order chi connectivity index (χ0) is 11.1. The van der Waals surface area contributed by atoms with Crippen molar-refractivity contribution >= 4 is 22.0 Å². The van der Waals surface area contributed by atoms with Crippen molar-refractivity contribution in [1.82, 2.24) is 0 Å². The van der Waals surface area contributed by atoms with Crippen LogP contribution in [0.2, 0.25) is 0 Å². The van der Waals surface area contributed by atoms with Gasteiger partial charge in [0.1, 0.15) is 5.82 Å². The highest BCUT2D eigenvalue weighted by molar-refractivity contribution is 9.10. The first-order chi connectivity index (χ1) is 7.24. The molecule has 1 aromatic rings. The number of unbranched alkanes of at least 4 members (excludes halogenated alkanes) is 3. The molecule has 0 aliphatic carbocycles. The fourth-order valence-corrected chi connectivity index (χ4v) is 1.59. The molecule has 0 aliphatic heterocycles. The van der Waals surface area contributed by atoms with Crippen molar-refractivity contribution in [1.29, 1.82) is 0 Å². The van der Waals surface area contributed by atoms with E-state index < -0.39 is 0 Å². The van der Waals surface area contributed by atoms with Gasteiger partial charge in [0, 0.05) is 0 Å². The smallest absolute Gasteiger partial charge is 0.137 e. The van der Waals surface area contributed by atoms with Gasteiger partial charge in [-0.1, -0.05) is 38.0 Å². The van der Waals surface area contributed by atoms with Gasteiger partial charge in [-0.15, -0.1) is 0 Å². The van der Waals surface area contributed by atoms with Gasteiger partial charge in [-0.3, -0.25) is 0 Å². The van der Waals surface area contributed by atoms with E-state index in [1.165, 1.54) is 19.3 Å². The van der Waals surface area contributed by atoms with Crippen LogP contribution in [0.3, 0.4) is 0 Å². The molecule has 0 atom stereocenters. The summed E-state index contributed by atoms with van der Waals surface area (Å²) >= 11 is 3.13. The minimum atomic E-state index is -0.203. The van der Waals surface area contributed by atoms with Crippen LogP contribution in [0.4, 0.5) is 4.39 Å². The molecule has 0 saturated heterocycles. The van der Waals surface area contributed by atoms with E-state index in [0.717, 1.165) is 12.0 Å². The number of rotatable bonds is 5. The molecule has 0 aromatic heterocycles. The molecule has 0 unspecified atom stereocenters. The number of allylic oxidation sites excluding steroid dienone is 1. The van der Waals surface area contributed by atoms with Crippen LogP contribution in [0.15, 0.2) is 28.7 Å². The highest BCUT2D eigenvalue weighted by atomic mass is 79.9. The average molecular weight is 271 g/mol. The van der Waals surface area contributed by atoms with E-state index in [1.807, 2.05) is 12.1 Å². The molecule has 2 heteroatoms. The average Bonchev–Trinajstić information content (AvgIpc) is 2.23. The van der Waals surface area contributed by atoms with Crippen molar-refractivity contribution in [3.8, 4) is 0 Å². The Morgan fingerprint density at radius 3 is 2.80 bits per heavy atom. The van der Waals surface area contributed by atoms with Gasteiger partial charge in [0.15, 0.2) is 0 Å². The maximum atomic E-state index is 13.1. The Labute approximate surface area is 99.3 Å². The fraction of sp³-hybridized carbons (Fsp3) is 0.385. The SMILES string of the molecule is CCCCC/C=C/c1ccc(Br)c(F)c1. The van der Waals surface area contributed by atoms with Crippen molar-refractivity contribution < 1.29 is 4.39 Å². The van der Waals surface area contributed by atoms with Gasteiger partial charge in [-0.25, -0.2) is 4.39 Å². The lowest BCUT2D eigenvalue weighted by Crippen LogP contribution is -1.79. The Kier molecular flexibility index (Phi) is 5.62. The normalized spacial score (nSPS) is 11.1. The van der Waals surface area contributed by atoms with Gasteiger partial charge in [-0.05, 0) is 46.5 Å². The molecule has 0 nitrogen and oxygen atoms in total. The Morgan fingerprint density at radius 2 is 2.13 bits per heavy atom. The maximum absolute atomic E-state index is 13.1. The summed E-state index contributed by atoms with van der Waals surface area (Å²) in [5.74, 6) is -0.203. The number of hydrogen-bond donors (Lipinski definition) is 0. The van der Waals surface area contributed by atoms with E-state index in [0.29, 0.717) is 4.47 Å². The largest absolute Gasteiger partial charge is 0.206 e. The third kappa shape index (κ3) is 4.61. The Hall–Kier alpha value is -0.630. The lowest BCUT2D eigenvalue weighted by molar-refractivity contribution is 0.621. The van der Waals surface area contributed by atoms with Crippen molar-refractivity contribution in [3.63, 3.8) is 0 Å². The predicted octanol–water partition coefficient (Wildman–Crippen LogP) is 5.18. The summed E-state index contributed by atoms with van der Waals surface area (Å²) in [5, 5.41) is 0. The molecular formula is C13H16BrF. The van der Waals surface area contributed by atoms with E-state index in [-0.39, 0.29) is 5.82 Å². The highest BCUT2D eigenvalue weighted by Gasteiger charge is 1.97. The molecule has 0 aliphatic rings. The first-order valence-electron chi connectivity index (χ1n) is 5.35. The lowest BCUT2D eigenvalue weighted by atomic mass is 10.1. The molecular weight excluding hydrogens is 255 g/mol. The van der Waals surface area contributed by atoms with Crippen LogP contribution in [0.1, 0.15) is 38.2 Å². The topological polar surface area (TPSA) is 0 Å². The van der Waals surface area contributed by atoms with Gasteiger partial charge in [0.2, 0.25) is 0 Å². The minimum Gasteiger partial charge on any atom is -0.206 e. The summed E-state index contributed by atoms with van der Waals surface area (Å²) in [5.41, 5.74) is 0.923. The van der Waals surface area contributed by atoms with Crippen LogP contribution in [0, 0.1) is 5.82 Å². The van der Waals surface area contributed by atoms with Crippen molar-refractivity contribution in [3.05, 3.63) is 40.1 Å². The molecule has 1 aromatic carbocycles. The lowest BCUT2D eigenvalue weighted by Gasteiger charge is -1.97. The van der Waals surface area contributed by atoms with E-state index in [2.05, 4.69) is 28.9 Å². The molecule has 0 radical (unpaired) electrons. The van der Waals surface area contributed by atoms with Crippen LogP contribution in [-0.2, 0) is 0 Å². The summed E-state index contributed by atoms with van der Waals surface area (Å²) < 4.78 is 13.6. The summed E-state index contributed by atoms with van der Waals surface area (Å²) in [6, 6.07) is 5.19. The van der Waals surface area contributed by atoms with Gasteiger partial charge in [0.25, 0.3) is 0 Å². The molecule has 15 heavy (non-hydrogen) atoms. The monoisotopic (exact) mass is 270 g/mol. The molecule has 0 heterocycles. The van der Waals surface area contributed by atoms with Gasteiger partial charge >= 0.3 is 0 Å². The van der Waals surface area contributed by atoms with Crippen LogP contribution in [0.25, 0.3) is 6.08 Å². The van der Waals surface area contributed by atoms with Gasteiger partial charge in [-0.2, -0.15) is 0 Å². The zero-order valence-corrected chi connectivity index (χ0v) is 10.6. The molecule has 0 bridgehead atoms. The zero-order valence-electron chi connectivity index (χ0n) is 8.97. The highest BCUT2D eigenvalue weighted by Crippen LogP contribution is 2.17. The van der Waals surface area contributed by atoms with Crippen molar-refractivity contribution in [2.24, 2.45) is 0 Å². The molecule has 0 saturated carbocycles. The van der Waals surface area contributed by atoms with E-state index >= 15 is 0 Å². The van der Waals surface area contributed by atoms with E-state index in [1.54, 1.807) is 12.1 Å². The summed E-state index contributed by atoms with van der Waals surface area (Å²) in [4.78, 5) is 0. The summed E-state index contributed by atoms with van der Waals surface area (Å²) in [6.45, 7) is 2.19. The van der Waals surface area contributed by atoms with Crippen LogP contribution in [-0.4, -0.2) is 0 Å². The predicted molar refractivity (Wildman–Crippen MR) is 67.3 cm³/mol. The quantitative estimate of drug-likeness (QED) is 0.647. The second-order valence-electron chi connectivity index (χ2n) is 3.57. The van der Waals surface area contributed by atoms with Gasteiger partial charge < -0.3 is 0 Å². The van der Waals surface area contributed by atoms with Crippen molar-refractivity contribution in [2.45, 2.75) is 32.6 Å². The first kappa shape index (κ1) is 12.4.